The molecule has 0 spiro atoms. The van der Waals surface area contributed by atoms with Gasteiger partial charge in [0.25, 0.3) is 0 Å². The minimum absolute atomic E-state index is 0. The van der Waals surface area contributed by atoms with Crippen molar-refractivity contribution in [2.75, 3.05) is 6.61 Å². The zero-order valence-electron chi connectivity index (χ0n) is 8.75. The van der Waals surface area contributed by atoms with Gasteiger partial charge in [-0.05, 0) is 18.2 Å². The van der Waals surface area contributed by atoms with Gasteiger partial charge >= 0.3 is 12.0 Å². The minimum Gasteiger partial charge on any atom is -0.443 e. The first-order valence-corrected chi connectivity index (χ1v) is 5.04. The number of nitrogens with one attached hydrogen (secondary N) is 1. The number of cyclic esters (lactones) is 1. The fourth-order valence-corrected chi connectivity index (χ4v) is 1.73. The highest BCUT2D eigenvalue weighted by Gasteiger charge is 2.47. The highest BCUT2D eigenvalue weighted by atomic mass is 35.5. The molecule has 0 bridgehead atoms. The highest BCUT2D eigenvalue weighted by molar-refractivity contribution is 6.30. The summed E-state index contributed by atoms with van der Waals surface area (Å²) in [6.45, 7) is -1.09. The Balaban J connectivity index is 0.00000162. The van der Waals surface area contributed by atoms with Crippen LogP contribution in [0.2, 0.25) is 5.02 Å². The molecule has 8 heteroatoms. The van der Waals surface area contributed by atoms with Crippen LogP contribution in [0.5, 0.6) is 0 Å². The highest BCUT2D eigenvalue weighted by Crippen LogP contribution is 2.36. The number of halogens is 5. The van der Waals surface area contributed by atoms with E-state index in [-0.39, 0.29) is 23.0 Å². The molecule has 0 radical (unpaired) electrons. The normalized spacial score (nSPS) is 21.6. The van der Waals surface area contributed by atoms with Crippen LogP contribution < -0.4 is 5.32 Å². The van der Waals surface area contributed by atoms with Gasteiger partial charge in [-0.15, -0.1) is 12.4 Å². The van der Waals surface area contributed by atoms with Crippen LogP contribution in [0.25, 0.3) is 0 Å². The molecule has 0 saturated carbocycles. The van der Waals surface area contributed by atoms with E-state index in [1.165, 1.54) is 6.07 Å². The number of carbonyl (C=O) groups is 1. The van der Waals surface area contributed by atoms with Crippen LogP contribution in [-0.4, -0.2) is 18.6 Å². The first-order valence-electron chi connectivity index (χ1n) is 4.66. The van der Waals surface area contributed by atoms with Crippen molar-refractivity contribution in [3.8, 4) is 0 Å². The van der Waals surface area contributed by atoms with Crippen LogP contribution in [0.4, 0.5) is 18.0 Å². The SMILES string of the molecule is Cl.O=C1N[C@@H](c2cc(Cl)ccc2F)C(F)(F)CO1. The summed E-state index contributed by atoms with van der Waals surface area (Å²) in [4.78, 5) is 10.9. The van der Waals surface area contributed by atoms with Crippen molar-refractivity contribution in [2.45, 2.75) is 12.0 Å². The summed E-state index contributed by atoms with van der Waals surface area (Å²) in [5.74, 6) is -4.25. The molecule has 1 atom stereocenters. The summed E-state index contributed by atoms with van der Waals surface area (Å²) in [7, 11) is 0. The number of hydrogen-bond donors (Lipinski definition) is 1. The molecule has 0 aliphatic carbocycles. The van der Waals surface area contributed by atoms with Crippen molar-refractivity contribution in [3.63, 3.8) is 0 Å². The lowest BCUT2D eigenvalue weighted by Crippen LogP contribution is -2.49. The van der Waals surface area contributed by atoms with Crippen molar-refractivity contribution in [1.29, 1.82) is 0 Å². The predicted octanol–water partition coefficient (Wildman–Crippen LogP) is 3.32. The molecule has 1 N–H and O–H groups in total. The molecular weight excluding hydrogens is 294 g/mol. The smallest absolute Gasteiger partial charge is 0.408 e. The Kier molecular flexibility index (Phi) is 4.34. The van der Waals surface area contributed by atoms with E-state index in [4.69, 9.17) is 11.6 Å². The summed E-state index contributed by atoms with van der Waals surface area (Å²) in [5, 5.41) is 1.99. The lowest BCUT2D eigenvalue weighted by atomic mass is 9.99. The van der Waals surface area contributed by atoms with Crippen LogP contribution in [0, 0.1) is 5.82 Å². The number of alkyl carbamates (subject to hydrolysis) is 1. The molecular formula is C10H8Cl2F3NO2. The Bertz CT molecular complexity index is 470. The first kappa shape index (κ1) is 14.9. The van der Waals surface area contributed by atoms with Crippen LogP contribution in [0.1, 0.15) is 11.6 Å². The van der Waals surface area contributed by atoms with E-state index in [0.717, 1.165) is 12.1 Å². The van der Waals surface area contributed by atoms with Gasteiger partial charge in [0.2, 0.25) is 0 Å². The van der Waals surface area contributed by atoms with Gasteiger partial charge in [-0.25, -0.2) is 18.0 Å². The molecule has 1 aliphatic rings. The van der Waals surface area contributed by atoms with Gasteiger partial charge in [0.15, 0.2) is 6.61 Å². The van der Waals surface area contributed by atoms with E-state index in [0.29, 0.717) is 0 Å². The summed E-state index contributed by atoms with van der Waals surface area (Å²) >= 11 is 5.61. The molecule has 18 heavy (non-hydrogen) atoms. The van der Waals surface area contributed by atoms with Gasteiger partial charge < -0.3 is 10.1 Å². The third-order valence-corrected chi connectivity index (χ3v) is 2.58. The molecule has 3 nitrogen and oxygen atoms in total. The molecule has 0 aromatic heterocycles. The van der Waals surface area contributed by atoms with Crippen molar-refractivity contribution in [3.05, 3.63) is 34.6 Å². The van der Waals surface area contributed by atoms with Gasteiger partial charge in [-0.1, -0.05) is 11.6 Å². The van der Waals surface area contributed by atoms with E-state index in [1.54, 1.807) is 0 Å². The average Bonchev–Trinajstić information content (AvgIpc) is 2.26. The number of amides is 1. The Morgan fingerprint density at radius 3 is 2.78 bits per heavy atom. The summed E-state index contributed by atoms with van der Waals surface area (Å²) < 4.78 is 44.6. The maximum absolute atomic E-state index is 13.5. The van der Waals surface area contributed by atoms with E-state index in [9.17, 15) is 18.0 Å². The lowest BCUT2D eigenvalue weighted by Gasteiger charge is -2.32. The van der Waals surface area contributed by atoms with Gasteiger partial charge in [0.1, 0.15) is 11.9 Å². The van der Waals surface area contributed by atoms with Crippen molar-refractivity contribution < 1.29 is 22.7 Å². The van der Waals surface area contributed by atoms with Gasteiger partial charge in [-0.3, -0.25) is 0 Å². The van der Waals surface area contributed by atoms with Gasteiger partial charge in [0, 0.05) is 10.6 Å². The third-order valence-electron chi connectivity index (χ3n) is 2.35. The molecule has 100 valence electrons. The standard InChI is InChI=1S/C10H7ClF3NO2.ClH/c11-5-1-2-7(12)6(3-5)8-10(13,14)4-17-9(16)15-8;/h1-3,8H,4H2,(H,15,16);1H/t8-;/m0./s1. The maximum atomic E-state index is 13.5. The van der Waals surface area contributed by atoms with E-state index >= 15 is 0 Å². The largest absolute Gasteiger partial charge is 0.443 e. The number of alkyl halides is 2. The van der Waals surface area contributed by atoms with Gasteiger partial charge in [0.05, 0.1) is 0 Å². The topological polar surface area (TPSA) is 38.3 Å². The third kappa shape index (κ3) is 2.81. The molecule has 0 unspecified atom stereocenters. The Hall–Kier alpha value is -1.14. The average molecular weight is 302 g/mol. The Morgan fingerprint density at radius 1 is 1.44 bits per heavy atom. The monoisotopic (exact) mass is 301 g/mol. The fourth-order valence-electron chi connectivity index (χ4n) is 1.55. The molecule has 1 saturated heterocycles. The second-order valence-electron chi connectivity index (χ2n) is 3.58. The van der Waals surface area contributed by atoms with Crippen LogP contribution in [0.3, 0.4) is 0 Å². The zero-order valence-corrected chi connectivity index (χ0v) is 10.3. The molecule has 1 amide bonds. The molecule has 1 fully saturated rings. The van der Waals surface area contributed by atoms with E-state index in [2.05, 4.69) is 4.74 Å². The summed E-state index contributed by atoms with van der Waals surface area (Å²) in [6.07, 6.45) is -1.01. The summed E-state index contributed by atoms with van der Waals surface area (Å²) in [6, 6.07) is 1.48. The minimum atomic E-state index is -3.39. The number of hydrogen-bond acceptors (Lipinski definition) is 2. The second-order valence-corrected chi connectivity index (χ2v) is 4.02. The predicted molar refractivity (Wildman–Crippen MR) is 60.8 cm³/mol. The van der Waals surface area contributed by atoms with Crippen molar-refractivity contribution >= 4 is 30.1 Å². The maximum Gasteiger partial charge on any atom is 0.408 e. The van der Waals surface area contributed by atoms with E-state index in [1.807, 2.05) is 5.32 Å². The lowest BCUT2D eigenvalue weighted by molar-refractivity contribution is -0.105. The molecule has 1 heterocycles. The van der Waals surface area contributed by atoms with Crippen molar-refractivity contribution in [2.24, 2.45) is 0 Å². The molecule has 1 aromatic carbocycles. The Morgan fingerprint density at radius 2 is 2.11 bits per heavy atom. The quantitative estimate of drug-likeness (QED) is 0.864. The van der Waals surface area contributed by atoms with Crippen LogP contribution >= 0.6 is 24.0 Å². The van der Waals surface area contributed by atoms with Crippen LogP contribution in [0.15, 0.2) is 18.2 Å². The zero-order chi connectivity index (χ0) is 12.6. The van der Waals surface area contributed by atoms with Crippen molar-refractivity contribution in [1.82, 2.24) is 5.32 Å². The number of ether oxygens (including phenoxy) is 1. The van der Waals surface area contributed by atoms with Gasteiger partial charge in [-0.2, -0.15) is 0 Å². The van der Waals surface area contributed by atoms with Crippen LogP contribution in [-0.2, 0) is 4.74 Å². The second kappa shape index (κ2) is 5.24. The summed E-state index contributed by atoms with van der Waals surface area (Å²) in [5.41, 5.74) is -0.362. The number of carbonyl (C=O) groups excluding carboxylic acids is 1. The Labute approximate surface area is 112 Å². The molecule has 1 aromatic rings. The fraction of sp³-hybridized carbons (Fsp3) is 0.300. The first-order chi connectivity index (χ1) is 7.90. The van der Waals surface area contributed by atoms with E-state index < -0.39 is 30.5 Å². The number of benzene rings is 1. The molecule has 1 aliphatic heterocycles. The molecule has 2 rings (SSSR count). The number of rotatable bonds is 1.